The zero-order valence-corrected chi connectivity index (χ0v) is 16.4. The van der Waals surface area contributed by atoms with E-state index < -0.39 is 0 Å². The number of carbonyl (C=O) groups excluding carboxylic acids is 1. The fourth-order valence-corrected chi connectivity index (χ4v) is 2.70. The zero-order valence-electron chi connectivity index (χ0n) is 14.3. The topological polar surface area (TPSA) is 69.0 Å². The summed E-state index contributed by atoms with van der Waals surface area (Å²) in [6.45, 7) is 4.73. The van der Waals surface area contributed by atoms with Crippen LogP contribution in [0.25, 0.3) is 16.7 Å². The van der Waals surface area contributed by atoms with E-state index in [4.69, 9.17) is 4.74 Å². The summed E-state index contributed by atoms with van der Waals surface area (Å²) in [6.07, 6.45) is 0. The molecule has 3 aromatic rings. The van der Waals surface area contributed by atoms with E-state index in [0.717, 1.165) is 14.6 Å². The number of fused-ring (bicyclic) bond motifs is 1. The summed E-state index contributed by atoms with van der Waals surface area (Å²) in [6, 6.07) is 11.5. The number of hydrogen-bond donors (Lipinski definition) is 1. The Labute approximate surface area is 159 Å². The highest BCUT2D eigenvalue weighted by Gasteiger charge is 2.17. The van der Waals surface area contributed by atoms with E-state index in [1.54, 1.807) is 17.8 Å². The van der Waals surface area contributed by atoms with Crippen molar-refractivity contribution < 1.29 is 9.53 Å². The second kappa shape index (κ2) is 7.38. The minimum absolute atomic E-state index is 0.234. The molecular weight excluding hydrogens is 431 g/mol. The lowest BCUT2D eigenvalue weighted by atomic mass is 10.2. The molecule has 3 rings (SSSR count). The van der Waals surface area contributed by atoms with Gasteiger partial charge in [0.25, 0.3) is 5.91 Å². The van der Waals surface area contributed by atoms with E-state index in [2.05, 4.69) is 51.8 Å². The minimum Gasteiger partial charge on any atom is -0.476 e. The molecule has 1 amide bonds. The number of pyridine rings is 1. The molecule has 7 heteroatoms. The Morgan fingerprint density at radius 2 is 1.96 bits per heavy atom. The lowest BCUT2D eigenvalue weighted by molar-refractivity contribution is 0.0958. The van der Waals surface area contributed by atoms with Gasteiger partial charge in [0.15, 0.2) is 5.65 Å². The molecule has 0 fully saturated rings. The van der Waals surface area contributed by atoms with Gasteiger partial charge in [0, 0.05) is 10.6 Å². The maximum absolute atomic E-state index is 11.9. The van der Waals surface area contributed by atoms with Crippen molar-refractivity contribution in [3.8, 4) is 11.6 Å². The molecule has 130 valence electrons. The van der Waals surface area contributed by atoms with E-state index in [0.29, 0.717) is 29.7 Å². The van der Waals surface area contributed by atoms with Crippen LogP contribution < -0.4 is 10.1 Å². The maximum Gasteiger partial charge on any atom is 0.269 e. The van der Waals surface area contributed by atoms with Gasteiger partial charge >= 0.3 is 0 Å². The third-order valence-electron chi connectivity index (χ3n) is 3.58. The molecule has 6 nitrogen and oxygen atoms in total. The largest absolute Gasteiger partial charge is 0.476 e. The molecule has 0 spiro atoms. The Morgan fingerprint density at radius 3 is 2.60 bits per heavy atom. The first-order valence-corrected chi connectivity index (χ1v) is 9.08. The quantitative estimate of drug-likeness (QED) is 0.605. The van der Waals surface area contributed by atoms with E-state index in [1.807, 2.05) is 30.3 Å². The van der Waals surface area contributed by atoms with Gasteiger partial charge in [-0.05, 0) is 64.9 Å². The van der Waals surface area contributed by atoms with Crippen molar-refractivity contribution in [3.63, 3.8) is 0 Å². The van der Waals surface area contributed by atoms with Crippen molar-refractivity contribution >= 4 is 39.5 Å². The predicted octanol–water partition coefficient (Wildman–Crippen LogP) is 3.42. The van der Waals surface area contributed by atoms with Crippen molar-refractivity contribution in [2.45, 2.75) is 13.8 Å². The van der Waals surface area contributed by atoms with Gasteiger partial charge in [0.2, 0.25) is 5.88 Å². The standard InChI is InChI=1S/C18H19IN4O2/c1-11(2)10-25-18-14-8-9-15(17(24)20-3)21-16(14)23(22-18)13-6-4-12(19)5-7-13/h4-9,11H,10H2,1-3H3,(H,20,24). The molecule has 0 atom stereocenters. The molecule has 0 aliphatic heterocycles. The molecule has 0 radical (unpaired) electrons. The number of nitrogens with one attached hydrogen (secondary N) is 1. The Kier molecular flexibility index (Phi) is 5.22. The highest BCUT2D eigenvalue weighted by Crippen LogP contribution is 2.27. The number of carbonyl (C=O) groups is 1. The second-order valence-corrected chi connectivity index (χ2v) is 7.29. The van der Waals surface area contributed by atoms with Crippen LogP contribution in [-0.4, -0.2) is 34.3 Å². The highest BCUT2D eigenvalue weighted by atomic mass is 127. The molecule has 0 saturated carbocycles. The summed E-state index contributed by atoms with van der Waals surface area (Å²) in [5.41, 5.74) is 1.81. The van der Waals surface area contributed by atoms with Gasteiger partial charge in [-0.25, -0.2) is 9.67 Å². The monoisotopic (exact) mass is 450 g/mol. The average molecular weight is 450 g/mol. The molecule has 25 heavy (non-hydrogen) atoms. The first kappa shape index (κ1) is 17.7. The van der Waals surface area contributed by atoms with Crippen LogP contribution in [0.5, 0.6) is 5.88 Å². The van der Waals surface area contributed by atoms with Crippen molar-refractivity contribution in [1.29, 1.82) is 0 Å². The van der Waals surface area contributed by atoms with E-state index in [1.165, 1.54) is 0 Å². The normalized spacial score (nSPS) is 11.1. The first-order chi connectivity index (χ1) is 12.0. The Bertz CT molecular complexity index is 903. The van der Waals surface area contributed by atoms with Crippen LogP contribution in [0.3, 0.4) is 0 Å². The van der Waals surface area contributed by atoms with E-state index >= 15 is 0 Å². The number of hydrogen-bond acceptors (Lipinski definition) is 4. The summed E-state index contributed by atoms with van der Waals surface area (Å²) in [5, 5.41) is 7.97. The van der Waals surface area contributed by atoms with Crippen molar-refractivity contribution in [3.05, 3.63) is 45.7 Å². The SMILES string of the molecule is CNC(=O)c1ccc2c(OCC(C)C)nn(-c3ccc(I)cc3)c2n1. The van der Waals surface area contributed by atoms with Gasteiger partial charge in [-0.15, -0.1) is 5.10 Å². The van der Waals surface area contributed by atoms with Gasteiger partial charge < -0.3 is 10.1 Å². The van der Waals surface area contributed by atoms with Crippen LogP contribution in [-0.2, 0) is 0 Å². The van der Waals surface area contributed by atoms with Gasteiger partial charge in [0.05, 0.1) is 17.7 Å². The molecule has 0 aliphatic carbocycles. The summed E-state index contributed by atoms with van der Waals surface area (Å²) < 4.78 is 8.71. The third-order valence-corrected chi connectivity index (χ3v) is 4.30. The molecule has 1 aromatic carbocycles. The summed E-state index contributed by atoms with van der Waals surface area (Å²) >= 11 is 2.26. The summed E-state index contributed by atoms with van der Waals surface area (Å²) in [4.78, 5) is 16.4. The molecule has 0 saturated heterocycles. The number of aromatic nitrogens is 3. The molecule has 0 unspecified atom stereocenters. The summed E-state index contributed by atoms with van der Waals surface area (Å²) in [5.74, 6) is 0.678. The average Bonchev–Trinajstić information content (AvgIpc) is 2.98. The van der Waals surface area contributed by atoms with Crippen LogP contribution in [0.4, 0.5) is 0 Å². The molecule has 2 heterocycles. The number of nitrogens with zero attached hydrogens (tertiary/aromatic N) is 3. The van der Waals surface area contributed by atoms with E-state index in [9.17, 15) is 4.79 Å². The summed E-state index contributed by atoms with van der Waals surface area (Å²) in [7, 11) is 1.59. The maximum atomic E-state index is 11.9. The number of rotatable bonds is 5. The molecular formula is C18H19IN4O2. The van der Waals surface area contributed by atoms with Gasteiger partial charge in [0.1, 0.15) is 5.69 Å². The first-order valence-electron chi connectivity index (χ1n) is 8.00. The van der Waals surface area contributed by atoms with Gasteiger partial charge in [-0.3, -0.25) is 4.79 Å². The molecule has 1 N–H and O–H groups in total. The van der Waals surface area contributed by atoms with Crippen LogP contribution in [0.15, 0.2) is 36.4 Å². The highest BCUT2D eigenvalue weighted by molar-refractivity contribution is 14.1. The number of halogens is 1. The zero-order chi connectivity index (χ0) is 18.0. The van der Waals surface area contributed by atoms with Crippen molar-refractivity contribution in [1.82, 2.24) is 20.1 Å². The van der Waals surface area contributed by atoms with Crippen LogP contribution in [0.2, 0.25) is 0 Å². The van der Waals surface area contributed by atoms with E-state index in [-0.39, 0.29) is 5.91 Å². The number of amides is 1. The minimum atomic E-state index is -0.234. The lowest BCUT2D eigenvalue weighted by Gasteiger charge is -2.05. The Morgan fingerprint density at radius 1 is 1.24 bits per heavy atom. The predicted molar refractivity (Wildman–Crippen MR) is 105 cm³/mol. The lowest BCUT2D eigenvalue weighted by Crippen LogP contribution is -2.19. The fourth-order valence-electron chi connectivity index (χ4n) is 2.34. The van der Waals surface area contributed by atoms with Gasteiger partial charge in [-0.2, -0.15) is 0 Å². The smallest absolute Gasteiger partial charge is 0.269 e. The molecule has 0 bridgehead atoms. The van der Waals surface area contributed by atoms with Crippen LogP contribution >= 0.6 is 22.6 Å². The number of benzene rings is 1. The van der Waals surface area contributed by atoms with Crippen LogP contribution in [0.1, 0.15) is 24.3 Å². The van der Waals surface area contributed by atoms with Gasteiger partial charge in [-0.1, -0.05) is 13.8 Å². The third kappa shape index (κ3) is 3.76. The fraction of sp³-hybridized carbons (Fsp3) is 0.278. The number of ether oxygens (including phenoxy) is 1. The molecule has 2 aromatic heterocycles. The molecule has 0 aliphatic rings. The van der Waals surface area contributed by atoms with Crippen molar-refractivity contribution in [2.24, 2.45) is 5.92 Å². The Hall–Kier alpha value is -2.16. The second-order valence-electron chi connectivity index (χ2n) is 6.05. The van der Waals surface area contributed by atoms with Crippen LogP contribution in [0, 0.1) is 9.49 Å². The Balaban J connectivity index is 2.15. The van der Waals surface area contributed by atoms with Crippen molar-refractivity contribution in [2.75, 3.05) is 13.7 Å².